The van der Waals surface area contributed by atoms with Crippen molar-refractivity contribution in [1.82, 2.24) is 9.88 Å². The van der Waals surface area contributed by atoms with Gasteiger partial charge in [-0.3, -0.25) is 15.2 Å². The SMILES string of the molecule is N=C(N)c1ccc(C[C@@H](C(=O)N2Cc3ccccc3C[C@H]2C(=O)O)c2cccnc2)cc1. The van der Waals surface area contributed by atoms with Crippen molar-refractivity contribution in [2.75, 3.05) is 0 Å². The fourth-order valence-corrected chi connectivity index (χ4v) is 4.16. The van der Waals surface area contributed by atoms with E-state index in [-0.39, 0.29) is 24.7 Å². The van der Waals surface area contributed by atoms with E-state index in [0.29, 0.717) is 12.0 Å². The number of nitrogens with two attached hydrogens (primary N) is 1. The molecule has 0 radical (unpaired) electrons. The Kier molecular flexibility index (Phi) is 5.98. The number of carboxylic acid groups (broad SMARTS) is 1. The van der Waals surface area contributed by atoms with Gasteiger partial charge in [-0.2, -0.15) is 0 Å². The normalized spacial score (nSPS) is 16.1. The summed E-state index contributed by atoms with van der Waals surface area (Å²) in [7, 11) is 0. The molecule has 2 atom stereocenters. The first-order valence-electron chi connectivity index (χ1n) is 10.4. The summed E-state index contributed by atoms with van der Waals surface area (Å²) in [4.78, 5) is 31.5. The molecule has 0 aliphatic carbocycles. The smallest absolute Gasteiger partial charge is 0.326 e. The van der Waals surface area contributed by atoms with Crippen LogP contribution in [0.3, 0.4) is 0 Å². The number of aromatic nitrogens is 1. The number of aliphatic carboxylic acids is 1. The number of nitrogens with zero attached hydrogens (tertiary/aromatic N) is 2. The summed E-state index contributed by atoms with van der Waals surface area (Å²) in [6, 6.07) is 17.5. The van der Waals surface area contributed by atoms with Crippen LogP contribution in [0.5, 0.6) is 0 Å². The monoisotopic (exact) mass is 428 g/mol. The second-order valence-corrected chi connectivity index (χ2v) is 7.95. The molecule has 2 aromatic carbocycles. The van der Waals surface area contributed by atoms with Gasteiger partial charge in [0.05, 0.1) is 5.92 Å². The molecule has 0 saturated heterocycles. The van der Waals surface area contributed by atoms with Crippen LogP contribution in [0.25, 0.3) is 0 Å². The Labute approximate surface area is 186 Å². The fourth-order valence-electron chi connectivity index (χ4n) is 4.16. The third-order valence-electron chi connectivity index (χ3n) is 5.91. The molecule has 2 heterocycles. The van der Waals surface area contributed by atoms with E-state index in [1.54, 1.807) is 30.6 Å². The van der Waals surface area contributed by atoms with E-state index >= 15 is 0 Å². The number of rotatable bonds is 6. The van der Waals surface area contributed by atoms with Gasteiger partial charge in [0.25, 0.3) is 0 Å². The van der Waals surface area contributed by atoms with Crippen molar-refractivity contribution < 1.29 is 14.7 Å². The van der Waals surface area contributed by atoms with E-state index in [9.17, 15) is 14.7 Å². The summed E-state index contributed by atoms with van der Waals surface area (Å²) in [6.45, 7) is 0.256. The van der Waals surface area contributed by atoms with Gasteiger partial charge in [0.15, 0.2) is 0 Å². The van der Waals surface area contributed by atoms with E-state index < -0.39 is 17.9 Å². The lowest BCUT2D eigenvalue weighted by molar-refractivity contribution is -0.152. The Bertz CT molecular complexity index is 1150. The molecule has 7 heteroatoms. The lowest BCUT2D eigenvalue weighted by Crippen LogP contribution is -2.50. The van der Waals surface area contributed by atoms with Gasteiger partial charge in [-0.1, -0.05) is 54.6 Å². The highest BCUT2D eigenvalue weighted by Crippen LogP contribution is 2.30. The van der Waals surface area contributed by atoms with E-state index in [2.05, 4.69) is 4.98 Å². The van der Waals surface area contributed by atoms with Gasteiger partial charge < -0.3 is 15.7 Å². The number of nitrogens with one attached hydrogen (secondary N) is 1. The Balaban J connectivity index is 1.68. The van der Waals surface area contributed by atoms with Crippen molar-refractivity contribution in [2.45, 2.75) is 31.3 Å². The number of benzene rings is 2. The van der Waals surface area contributed by atoms with Crippen LogP contribution in [0, 0.1) is 5.41 Å². The number of carbonyl (C=O) groups is 2. The molecule has 4 rings (SSSR count). The van der Waals surface area contributed by atoms with Crippen molar-refractivity contribution in [2.24, 2.45) is 5.73 Å². The predicted molar refractivity (Wildman–Crippen MR) is 120 cm³/mol. The largest absolute Gasteiger partial charge is 0.480 e. The maximum atomic E-state index is 13.8. The number of carboxylic acids is 1. The third kappa shape index (κ3) is 4.37. The average Bonchev–Trinajstić information content (AvgIpc) is 2.82. The van der Waals surface area contributed by atoms with Gasteiger partial charge in [0, 0.05) is 30.9 Å². The summed E-state index contributed by atoms with van der Waals surface area (Å²) in [6.07, 6.45) is 3.96. The molecule has 1 aliphatic heterocycles. The number of hydrogen-bond acceptors (Lipinski definition) is 4. The summed E-state index contributed by atoms with van der Waals surface area (Å²) in [5.41, 5.74) is 9.70. The molecule has 32 heavy (non-hydrogen) atoms. The van der Waals surface area contributed by atoms with Crippen molar-refractivity contribution in [3.05, 3.63) is 101 Å². The quantitative estimate of drug-likeness (QED) is 0.412. The zero-order valence-electron chi connectivity index (χ0n) is 17.4. The third-order valence-corrected chi connectivity index (χ3v) is 5.91. The average molecular weight is 428 g/mol. The molecule has 0 bridgehead atoms. The van der Waals surface area contributed by atoms with Crippen LogP contribution in [-0.2, 0) is 29.0 Å². The molecule has 0 fully saturated rings. The number of carbonyl (C=O) groups excluding carboxylic acids is 1. The number of nitrogen functional groups attached to an aromatic ring is 1. The van der Waals surface area contributed by atoms with Crippen molar-refractivity contribution in [3.8, 4) is 0 Å². The van der Waals surface area contributed by atoms with Crippen molar-refractivity contribution in [3.63, 3.8) is 0 Å². The number of hydrogen-bond donors (Lipinski definition) is 3. The van der Waals surface area contributed by atoms with Crippen LogP contribution in [0.15, 0.2) is 73.1 Å². The molecule has 0 spiro atoms. The first-order valence-corrected chi connectivity index (χ1v) is 10.4. The lowest BCUT2D eigenvalue weighted by atomic mass is 9.88. The highest BCUT2D eigenvalue weighted by Gasteiger charge is 2.38. The van der Waals surface area contributed by atoms with Crippen LogP contribution in [0.2, 0.25) is 0 Å². The van der Waals surface area contributed by atoms with E-state index in [4.69, 9.17) is 11.1 Å². The van der Waals surface area contributed by atoms with Gasteiger partial charge in [-0.25, -0.2) is 4.79 Å². The topological polar surface area (TPSA) is 120 Å². The fraction of sp³-hybridized carbons (Fsp3) is 0.200. The van der Waals surface area contributed by atoms with Crippen LogP contribution < -0.4 is 5.73 Å². The minimum atomic E-state index is -1.01. The zero-order valence-corrected chi connectivity index (χ0v) is 17.4. The summed E-state index contributed by atoms with van der Waals surface area (Å²) in [5.74, 6) is -1.86. The predicted octanol–water partition coefficient (Wildman–Crippen LogP) is 2.73. The molecule has 0 unspecified atom stereocenters. The van der Waals surface area contributed by atoms with E-state index in [1.807, 2.05) is 42.5 Å². The van der Waals surface area contributed by atoms with Gasteiger partial charge in [-0.15, -0.1) is 0 Å². The first kappa shape index (κ1) is 21.2. The standard InChI is InChI=1S/C25H24N4O3/c26-23(27)17-9-7-16(8-10-17)12-21(19-6-3-11-28-14-19)24(30)29-15-20-5-2-1-4-18(20)13-22(29)25(31)32/h1-11,14,21-22H,12-13,15H2,(H3,26,27)(H,31,32)/t21-,22+/m1/s1. The maximum absolute atomic E-state index is 13.8. The summed E-state index contributed by atoms with van der Waals surface area (Å²) in [5, 5.41) is 17.4. The molecule has 1 aliphatic rings. The van der Waals surface area contributed by atoms with Crippen molar-refractivity contribution in [1.29, 1.82) is 5.41 Å². The minimum Gasteiger partial charge on any atom is -0.480 e. The number of pyridine rings is 1. The number of amidine groups is 1. The molecule has 162 valence electrons. The summed E-state index contributed by atoms with van der Waals surface area (Å²) < 4.78 is 0. The van der Waals surface area contributed by atoms with E-state index in [1.165, 1.54) is 4.90 Å². The Hall–Kier alpha value is -4.00. The van der Waals surface area contributed by atoms with Gasteiger partial charge in [0.2, 0.25) is 5.91 Å². The van der Waals surface area contributed by atoms with Crippen molar-refractivity contribution >= 4 is 17.7 Å². The van der Waals surface area contributed by atoms with Gasteiger partial charge in [-0.05, 0) is 34.7 Å². The molecule has 3 aromatic rings. The van der Waals surface area contributed by atoms with Crippen LogP contribution >= 0.6 is 0 Å². The Morgan fingerprint density at radius 1 is 1.09 bits per heavy atom. The van der Waals surface area contributed by atoms with Crippen LogP contribution in [0.1, 0.15) is 33.7 Å². The second-order valence-electron chi connectivity index (χ2n) is 7.95. The maximum Gasteiger partial charge on any atom is 0.326 e. The molecular formula is C25H24N4O3. The highest BCUT2D eigenvalue weighted by molar-refractivity contribution is 5.95. The molecule has 7 nitrogen and oxygen atoms in total. The van der Waals surface area contributed by atoms with Crippen LogP contribution in [-0.4, -0.2) is 38.7 Å². The number of fused-ring (bicyclic) bond motifs is 1. The molecule has 1 aromatic heterocycles. The van der Waals surface area contributed by atoms with Crippen LogP contribution in [0.4, 0.5) is 0 Å². The Morgan fingerprint density at radius 3 is 2.44 bits per heavy atom. The molecular weight excluding hydrogens is 404 g/mol. The number of amides is 1. The zero-order chi connectivity index (χ0) is 22.7. The second kappa shape index (κ2) is 9.01. The highest BCUT2D eigenvalue weighted by atomic mass is 16.4. The summed E-state index contributed by atoms with van der Waals surface area (Å²) >= 11 is 0. The van der Waals surface area contributed by atoms with Gasteiger partial charge >= 0.3 is 5.97 Å². The molecule has 1 amide bonds. The first-order chi connectivity index (χ1) is 15.4. The van der Waals surface area contributed by atoms with Gasteiger partial charge in [0.1, 0.15) is 11.9 Å². The Morgan fingerprint density at radius 2 is 1.81 bits per heavy atom. The molecule has 4 N–H and O–H groups in total. The molecule has 0 saturated carbocycles. The lowest BCUT2D eigenvalue weighted by Gasteiger charge is -2.36. The minimum absolute atomic E-state index is 0.0206. The van der Waals surface area contributed by atoms with E-state index in [0.717, 1.165) is 22.3 Å².